The maximum absolute atomic E-state index is 11.9. The molecule has 2 rings (SSSR count). The van der Waals surface area contributed by atoms with Gasteiger partial charge in [-0.25, -0.2) is 0 Å². The smallest absolute Gasteiger partial charge is 0.222 e. The van der Waals surface area contributed by atoms with Crippen molar-refractivity contribution in [2.75, 3.05) is 7.11 Å². The van der Waals surface area contributed by atoms with Crippen LogP contribution in [0.25, 0.3) is 0 Å². The van der Waals surface area contributed by atoms with E-state index < -0.39 is 0 Å². The maximum atomic E-state index is 11.9. The molecule has 3 N–H and O–H groups in total. The summed E-state index contributed by atoms with van der Waals surface area (Å²) in [5, 5.41) is 2.99. The number of para-hydroxylation sites is 1. The number of hydrogen-bond acceptors (Lipinski definition) is 3. The SMILES string of the molecule is COc1ccccc1[C@@H](C)NC(=O)CC(N)C1CC1. The van der Waals surface area contributed by atoms with Crippen molar-refractivity contribution in [3.8, 4) is 5.75 Å². The third-order valence-electron chi connectivity index (χ3n) is 3.63. The molecular weight excluding hydrogens is 240 g/mol. The number of nitrogens with one attached hydrogen (secondary N) is 1. The number of benzene rings is 1. The van der Waals surface area contributed by atoms with Gasteiger partial charge in [0.1, 0.15) is 5.75 Å². The van der Waals surface area contributed by atoms with Crippen LogP contribution < -0.4 is 15.8 Å². The van der Waals surface area contributed by atoms with Crippen molar-refractivity contribution >= 4 is 5.91 Å². The van der Waals surface area contributed by atoms with Crippen molar-refractivity contribution in [3.63, 3.8) is 0 Å². The van der Waals surface area contributed by atoms with Crippen LogP contribution in [0.3, 0.4) is 0 Å². The molecule has 19 heavy (non-hydrogen) atoms. The van der Waals surface area contributed by atoms with Gasteiger partial charge in [-0.05, 0) is 31.7 Å². The van der Waals surface area contributed by atoms with Gasteiger partial charge in [0.25, 0.3) is 0 Å². The van der Waals surface area contributed by atoms with E-state index in [1.54, 1.807) is 7.11 Å². The number of ether oxygens (including phenoxy) is 1. The molecule has 1 aromatic carbocycles. The molecule has 1 fully saturated rings. The van der Waals surface area contributed by atoms with Crippen molar-refractivity contribution in [1.82, 2.24) is 5.32 Å². The number of carbonyl (C=O) groups excluding carboxylic acids is 1. The first kappa shape index (κ1) is 13.9. The zero-order chi connectivity index (χ0) is 13.8. The Labute approximate surface area is 114 Å². The molecule has 0 bridgehead atoms. The van der Waals surface area contributed by atoms with Crippen LogP contribution in [-0.4, -0.2) is 19.1 Å². The van der Waals surface area contributed by atoms with Crippen LogP contribution in [-0.2, 0) is 4.79 Å². The van der Waals surface area contributed by atoms with Crippen LogP contribution >= 0.6 is 0 Å². The number of nitrogens with two attached hydrogens (primary N) is 1. The van der Waals surface area contributed by atoms with E-state index >= 15 is 0 Å². The average molecular weight is 262 g/mol. The van der Waals surface area contributed by atoms with Gasteiger partial charge in [-0.3, -0.25) is 4.79 Å². The summed E-state index contributed by atoms with van der Waals surface area (Å²) in [6.07, 6.45) is 2.73. The molecule has 1 aromatic rings. The van der Waals surface area contributed by atoms with Crippen LogP contribution in [0.15, 0.2) is 24.3 Å². The largest absolute Gasteiger partial charge is 0.496 e. The number of carbonyl (C=O) groups is 1. The van der Waals surface area contributed by atoms with Gasteiger partial charge in [0.15, 0.2) is 0 Å². The molecule has 4 nitrogen and oxygen atoms in total. The van der Waals surface area contributed by atoms with Crippen molar-refractivity contribution in [1.29, 1.82) is 0 Å². The van der Waals surface area contributed by atoms with Gasteiger partial charge in [-0.2, -0.15) is 0 Å². The summed E-state index contributed by atoms with van der Waals surface area (Å²) in [6.45, 7) is 1.96. The Kier molecular flexibility index (Phi) is 4.43. The Balaban J connectivity index is 1.92. The molecule has 0 spiro atoms. The van der Waals surface area contributed by atoms with E-state index in [0.717, 1.165) is 24.2 Å². The van der Waals surface area contributed by atoms with Gasteiger partial charge in [0, 0.05) is 18.0 Å². The average Bonchev–Trinajstić information content (AvgIpc) is 3.22. The number of amides is 1. The fourth-order valence-electron chi connectivity index (χ4n) is 2.31. The standard InChI is InChI=1S/C15H22N2O2/c1-10(12-5-3-4-6-14(12)19-2)17-15(18)9-13(16)11-7-8-11/h3-6,10-11,13H,7-9,16H2,1-2H3,(H,17,18)/t10-,13?/m1/s1. The minimum atomic E-state index is -0.0740. The van der Waals surface area contributed by atoms with Crippen molar-refractivity contribution in [2.24, 2.45) is 11.7 Å². The molecular formula is C15H22N2O2. The first-order valence-corrected chi connectivity index (χ1v) is 6.79. The second kappa shape index (κ2) is 6.06. The van der Waals surface area contributed by atoms with Gasteiger partial charge in [0.2, 0.25) is 5.91 Å². The summed E-state index contributed by atoms with van der Waals surface area (Å²) in [5.74, 6) is 1.35. The van der Waals surface area contributed by atoms with E-state index in [1.807, 2.05) is 31.2 Å². The highest BCUT2D eigenvalue weighted by molar-refractivity contribution is 5.77. The molecule has 0 saturated heterocycles. The van der Waals surface area contributed by atoms with Crippen molar-refractivity contribution < 1.29 is 9.53 Å². The van der Waals surface area contributed by atoms with Gasteiger partial charge in [-0.1, -0.05) is 18.2 Å². The molecule has 4 heteroatoms. The molecule has 2 atom stereocenters. The molecule has 1 saturated carbocycles. The van der Waals surface area contributed by atoms with Crippen LogP contribution in [0.5, 0.6) is 5.75 Å². The Hall–Kier alpha value is -1.55. The molecule has 0 radical (unpaired) electrons. The Morgan fingerprint density at radius 2 is 2.16 bits per heavy atom. The van der Waals surface area contributed by atoms with Gasteiger partial charge < -0.3 is 15.8 Å². The van der Waals surface area contributed by atoms with Crippen LogP contribution in [0, 0.1) is 5.92 Å². The molecule has 1 aliphatic rings. The number of rotatable bonds is 6. The lowest BCUT2D eigenvalue weighted by atomic mass is 10.1. The Bertz CT molecular complexity index is 444. The maximum Gasteiger partial charge on any atom is 0.222 e. The zero-order valence-electron chi connectivity index (χ0n) is 11.6. The fourth-order valence-corrected chi connectivity index (χ4v) is 2.31. The highest BCUT2D eigenvalue weighted by atomic mass is 16.5. The highest BCUT2D eigenvalue weighted by Crippen LogP contribution is 2.33. The first-order valence-electron chi connectivity index (χ1n) is 6.79. The normalized spacial score (nSPS) is 17.6. The fraction of sp³-hybridized carbons (Fsp3) is 0.533. The molecule has 0 aromatic heterocycles. The molecule has 0 aliphatic heterocycles. The third-order valence-corrected chi connectivity index (χ3v) is 3.63. The van der Waals surface area contributed by atoms with E-state index in [0.29, 0.717) is 12.3 Å². The second-order valence-corrected chi connectivity index (χ2v) is 5.24. The summed E-state index contributed by atoms with van der Waals surface area (Å²) in [4.78, 5) is 11.9. The number of methoxy groups -OCH3 is 1. The first-order chi connectivity index (χ1) is 9.11. The van der Waals surface area contributed by atoms with Crippen molar-refractivity contribution in [3.05, 3.63) is 29.8 Å². The van der Waals surface area contributed by atoms with Crippen molar-refractivity contribution in [2.45, 2.75) is 38.3 Å². The summed E-state index contributed by atoms with van der Waals surface area (Å²) in [6, 6.07) is 7.65. The topological polar surface area (TPSA) is 64.3 Å². The second-order valence-electron chi connectivity index (χ2n) is 5.24. The predicted octanol–water partition coefficient (Wildman–Crippen LogP) is 2.00. The summed E-state index contributed by atoms with van der Waals surface area (Å²) >= 11 is 0. The zero-order valence-corrected chi connectivity index (χ0v) is 11.6. The van der Waals surface area contributed by atoms with E-state index in [-0.39, 0.29) is 18.0 Å². The monoisotopic (exact) mass is 262 g/mol. The summed E-state index contributed by atoms with van der Waals surface area (Å²) < 4.78 is 5.30. The van der Waals surface area contributed by atoms with Crippen LogP contribution in [0.1, 0.15) is 37.8 Å². The summed E-state index contributed by atoms with van der Waals surface area (Å²) in [5.41, 5.74) is 6.95. The molecule has 1 aliphatic carbocycles. The lowest BCUT2D eigenvalue weighted by molar-refractivity contribution is -0.122. The van der Waals surface area contributed by atoms with Gasteiger partial charge in [0.05, 0.1) is 13.2 Å². The highest BCUT2D eigenvalue weighted by Gasteiger charge is 2.30. The van der Waals surface area contributed by atoms with Gasteiger partial charge >= 0.3 is 0 Å². The van der Waals surface area contributed by atoms with E-state index in [2.05, 4.69) is 5.32 Å². The Morgan fingerprint density at radius 1 is 1.47 bits per heavy atom. The van der Waals surface area contributed by atoms with E-state index in [1.165, 1.54) is 0 Å². The third kappa shape index (κ3) is 3.70. The van der Waals surface area contributed by atoms with Crippen LogP contribution in [0.4, 0.5) is 0 Å². The quantitative estimate of drug-likeness (QED) is 0.824. The molecule has 1 unspecified atom stereocenters. The van der Waals surface area contributed by atoms with E-state index in [9.17, 15) is 4.79 Å². The minimum absolute atomic E-state index is 0.00451. The molecule has 0 heterocycles. The molecule has 104 valence electrons. The molecule has 1 amide bonds. The lowest BCUT2D eigenvalue weighted by Crippen LogP contribution is -2.34. The number of hydrogen-bond donors (Lipinski definition) is 2. The lowest BCUT2D eigenvalue weighted by Gasteiger charge is -2.18. The van der Waals surface area contributed by atoms with Crippen LogP contribution in [0.2, 0.25) is 0 Å². The van der Waals surface area contributed by atoms with E-state index in [4.69, 9.17) is 10.5 Å². The predicted molar refractivity (Wildman–Crippen MR) is 74.9 cm³/mol. The summed E-state index contributed by atoms with van der Waals surface area (Å²) in [7, 11) is 1.64. The van der Waals surface area contributed by atoms with Gasteiger partial charge in [-0.15, -0.1) is 0 Å². The minimum Gasteiger partial charge on any atom is -0.496 e. The Morgan fingerprint density at radius 3 is 2.79 bits per heavy atom.